The van der Waals surface area contributed by atoms with E-state index < -0.39 is 0 Å². The number of nitrogens with zero attached hydrogens (tertiary/aromatic N) is 2. The number of aromatic nitrogens is 1. The molecule has 1 unspecified atom stereocenters. The summed E-state index contributed by atoms with van der Waals surface area (Å²) >= 11 is 1.52. The molecule has 0 spiro atoms. The number of hydrogen-bond acceptors (Lipinski definition) is 6. The van der Waals surface area contributed by atoms with E-state index in [1.165, 1.54) is 11.3 Å². The Morgan fingerprint density at radius 1 is 1.21 bits per heavy atom. The average molecular weight is 468 g/mol. The van der Waals surface area contributed by atoms with Gasteiger partial charge in [0.05, 0.1) is 35.0 Å². The van der Waals surface area contributed by atoms with Crippen molar-refractivity contribution < 1.29 is 19.1 Å². The summed E-state index contributed by atoms with van der Waals surface area (Å²) in [6.07, 6.45) is 2.85. The number of rotatable bonds is 10. The Bertz CT molecular complexity index is 1060. The maximum atomic E-state index is 13.2. The van der Waals surface area contributed by atoms with Crippen molar-refractivity contribution in [1.82, 2.24) is 10.3 Å². The molecule has 1 atom stereocenters. The van der Waals surface area contributed by atoms with Crippen LogP contribution in [0.15, 0.2) is 48.5 Å². The second-order valence-corrected chi connectivity index (χ2v) is 8.90. The summed E-state index contributed by atoms with van der Waals surface area (Å²) in [5.74, 6) is 0.356. The number of anilines is 1. The second-order valence-electron chi connectivity index (χ2n) is 7.89. The molecule has 0 aliphatic carbocycles. The standard InChI is InChI=1S/C25H29N3O4S/c1-2-31-21-12-5-3-10-19(21)24(30)26-15-7-14-23(29)28(17-18-9-8-16-32-18)25-27-20-11-4-6-13-22(20)33-25/h3-6,10-13,18H,2,7-9,14-17H2,1H3,(H,26,30). The number of thiazole rings is 1. The summed E-state index contributed by atoms with van der Waals surface area (Å²) in [6, 6.07) is 15.1. The van der Waals surface area contributed by atoms with Crippen LogP contribution in [0.2, 0.25) is 0 Å². The molecule has 1 aliphatic heterocycles. The zero-order valence-corrected chi connectivity index (χ0v) is 19.6. The highest BCUT2D eigenvalue weighted by Crippen LogP contribution is 2.30. The number of para-hydroxylation sites is 2. The molecule has 33 heavy (non-hydrogen) atoms. The fourth-order valence-corrected chi connectivity index (χ4v) is 4.85. The van der Waals surface area contributed by atoms with Crippen LogP contribution in [-0.2, 0) is 9.53 Å². The number of fused-ring (bicyclic) bond motifs is 1. The first-order chi connectivity index (χ1) is 16.2. The Morgan fingerprint density at radius 3 is 2.82 bits per heavy atom. The summed E-state index contributed by atoms with van der Waals surface area (Å²) in [5.41, 5.74) is 1.39. The minimum absolute atomic E-state index is 0.00600. The molecule has 0 radical (unpaired) electrons. The summed E-state index contributed by atoms with van der Waals surface area (Å²) in [4.78, 5) is 32.2. The van der Waals surface area contributed by atoms with E-state index in [1.807, 2.05) is 43.3 Å². The molecule has 2 amide bonds. The Labute approximate surface area is 197 Å². The van der Waals surface area contributed by atoms with Gasteiger partial charge in [-0.2, -0.15) is 0 Å². The van der Waals surface area contributed by atoms with Crippen molar-refractivity contribution in [2.75, 3.05) is 31.2 Å². The lowest BCUT2D eigenvalue weighted by atomic mass is 10.2. The maximum Gasteiger partial charge on any atom is 0.255 e. The van der Waals surface area contributed by atoms with Crippen LogP contribution in [0.3, 0.4) is 0 Å². The number of ether oxygens (including phenoxy) is 2. The molecule has 3 aromatic rings. The van der Waals surface area contributed by atoms with E-state index in [2.05, 4.69) is 10.3 Å². The van der Waals surface area contributed by atoms with Gasteiger partial charge in [-0.1, -0.05) is 35.6 Å². The lowest BCUT2D eigenvalue weighted by Crippen LogP contribution is -2.37. The third-order valence-electron chi connectivity index (χ3n) is 5.51. The van der Waals surface area contributed by atoms with Gasteiger partial charge in [-0.05, 0) is 50.5 Å². The first-order valence-corrected chi connectivity index (χ1v) is 12.2. The quantitative estimate of drug-likeness (QED) is 0.447. The Hall–Kier alpha value is -2.97. The van der Waals surface area contributed by atoms with E-state index in [-0.39, 0.29) is 17.9 Å². The Kier molecular flexibility index (Phi) is 7.91. The number of amides is 2. The van der Waals surface area contributed by atoms with Crippen molar-refractivity contribution in [3.05, 3.63) is 54.1 Å². The van der Waals surface area contributed by atoms with Gasteiger partial charge < -0.3 is 14.8 Å². The number of benzene rings is 2. The van der Waals surface area contributed by atoms with Crippen LogP contribution >= 0.6 is 11.3 Å². The topological polar surface area (TPSA) is 80.8 Å². The summed E-state index contributed by atoms with van der Waals surface area (Å²) in [6.45, 7) is 4.02. The van der Waals surface area contributed by atoms with Gasteiger partial charge in [-0.3, -0.25) is 14.5 Å². The van der Waals surface area contributed by atoms with Gasteiger partial charge in [0.1, 0.15) is 5.75 Å². The number of hydrogen-bond donors (Lipinski definition) is 1. The molecule has 2 aromatic carbocycles. The van der Waals surface area contributed by atoms with Crippen molar-refractivity contribution in [1.29, 1.82) is 0 Å². The van der Waals surface area contributed by atoms with Gasteiger partial charge in [0, 0.05) is 19.6 Å². The predicted octanol–water partition coefficient (Wildman–Crippen LogP) is 4.42. The lowest BCUT2D eigenvalue weighted by Gasteiger charge is -2.23. The highest BCUT2D eigenvalue weighted by atomic mass is 32.1. The van der Waals surface area contributed by atoms with Gasteiger partial charge in [-0.25, -0.2) is 4.98 Å². The zero-order valence-electron chi connectivity index (χ0n) is 18.8. The molecule has 1 N–H and O–H groups in total. The van der Waals surface area contributed by atoms with Gasteiger partial charge >= 0.3 is 0 Å². The van der Waals surface area contributed by atoms with Crippen molar-refractivity contribution in [3.8, 4) is 5.75 Å². The molecule has 1 aromatic heterocycles. The van der Waals surface area contributed by atoms with E-state index in [1.54, 1.807) is 17.0 Å². The zero-order chi connectivity index (χ0) is 23.0. The van der Waals surface area contributed by atoms with E-state index in [0.717, 1.165) is 29.7 Å². The third kappa shape index (κ3) is 5.89. The molecular formula is C25H29N3O4S. The largest absolute Gasteiger partial charge is 0.493 e. The Morgan fingerprint density at radius 2 is 2.03 bits per heavy atom. The molecule has 0 saturated carbocycles. The highest BCUT2D eigenvalue weighted by Gasteiger charge is 2.26. The van der Waals surface area contributed by atoms with Crippen LogP contribution in [0, 0.1) is 0 Å². The van der Waals surface area contributed by atoms with Gasteiger partial charge in [0.15, 0.2) is 5.13 Å². The van der Waals surface area contributed by atoms with Crippen LogP contribution in [0.4, 0.5) is 5.13 Å². The van der Waals surface area contributed by atoms with Gasteiger partial charge in [0.2, 0.25) is 5.91 Å². The van der Waals surface area contributed by atoms with E-state index >= 15 is 0 Å². The lowest BCUT2D eigenvalue weighted by molar-refractivity contribution is -0.119. The average Bonchev–Trinajstić information content (AvgIpc) is 3.50. The molecule has 174 valence electrons. The maximum absolute atomic E-state index is 13.2. The summed E-state index contributed by atoms with van der Waals surface area (Å²) in [7, 11) is 0. The van der Waals surface area contributed by atoms with E-state index in [0.29, 0.717) is 49.0 Å². The van der Waals surface area contributed by atoms with Crippen LogP contribution < -0.4 is 15.0 Å². The molecule has 7 nitrogen and oxygen atoms in total. The second kappa shape index (κ2) is 11.2. The number of nitrogens with one attached hydrogen (secondary N) is 1. The Balaban J connectivity index is 1.36. The molecule has 1 aliphatic rings. The third-order valence-corrected chi connectivity index (χ3v) is 6.57. The van der Waals surface area contributed by atoms with Crippen LogP contribution in [0.5, 0.6) is 5.75 Å². The van der Waals surface area contributed by atoms with E-state index in [4.69, 9.17) is 9.47 Å². The summed E-state index contributed by atoms with van der Waals surface area (Å²) < 4.78 is 12.4. The fraction of sp³-hybridized carbons (Fsp3) is 0.400. The molecule has 8 heteroatoms. The number of carbonyl (C=O) groups is 2. The van der Waals surface area contributed by atoms with Gasteiger partial charge in [0.25, 0.3) is 5.91 Å². The minimum Gasteiger partial charge on any atom is -0.493 e. The molecule has 2 heterocycles. The smallest absolute Gasteiger partial charge is 0.255 e. The van der Waals surface area contributed by atoms with Crippen LogP contribution in [-0.4, -0.2) is 49.2 Å². The molecule has 1 fully saturated rings. The molecule has 0 bridgehead atoms. The minimum atomic E-state index is -0.200. The van der Waals surface area contributed by atoms with Crippen LogP contribution in [0.1, 0.15) is 43.0 Å². The van der Waals surface area contributed by atoms with Gasteiger partial charge in [-0.15, -0.1) is 0 Å². The normalized spacial score (nSPS) is 15.5. The first-order valence-electron chi connectivity index (χ1n) is 11.4. The fourth-order valence-electron chi connectivity index (χ4n) is 3.86. The van der Waals surface area contributed by atoms with Crippen molar-refractivity contribution in [3.63, 3.8) is 0 Å². The SMILES string of the molecule is CCOc1ccccc1C(=O)NCCCC(=O)N(CC1CCCO1)c1nc2ccccc2s1. The predicted molar refractivity (Wildman–Crippen MR) is 130 cm³/mol. The number of carbonyl (C=O) groups excluding carboxylic acids is 2. The monoisotopic (exact) mass is 467 g/mol. The van der Waals surface area contributed by atoms with Crippen molar-refractivity contribution >= 4 is 38.5 Å². The van der Waals surface area contributed by atoms with Crippen molar-refractivity contribution in [2.45, 2.75) is 38.7 Å². The molecule has 1 saturated heterocycles. The molecular weight excluding hydrogens is 438 g/mol. The van der Waals surface area contributed by atoms with Crippen molar-refractivity contribution in [2.24, 2.45) is 0 Å². The molecule has 4 rings (SSSR count). The van der Waals surface area contributed by atoms with Crippen LogP contribution in [0.25, 0.3) is 10.2 Å². The first kappa shape index (κ1) is 23.2. The summed E-state index contributed by atoms with van der Waals surface area (Å²) in [5, 5.41) is 3.60. The highest BCUT2D eigenvalue weighted by molar-refractivity contribution is 7.22. The van der Waals surface area contributed by atoms with E-state index in [9.17, 15) is 9.59 Å².